The van der Waals surface area contributed by atoms with Crippen LogP contribution in [0.3, 0.4) is 0 Å². The fraction of sp³-hybridized carbons (Fsp3) is 0. The van der Waals surface area contributed by atoms with Crippen molar-refractivity contribution in [2.24, 2.45) is 0 Å². The summed E-state index contributed by atoms with van der Waals surface area (Å²) in [4.78, 5) is 9.61. The molecule has 0 fully saturated rings. The molecule has 0 N–H and O–H groups in total. The molecule has 0 atom stereocenters. The first-order valence-electron chi connectivity index (χ1n) is 5.10. The molecule has 1 aromatic carbocycles. The SMILES string of the molecule is O=[N+]([O-])c1cc(S(=O)(=O)[O-])ccc1-[n+]1ccccc1. The predicted molar refractivity (Wildman–Crippen MR) is 62.6 cm³/mol. The second-order valence-corrected chi connectivity index (χ2v) is 5.02. The minimum Gasteiger partial charge on any atom is -0.744 e. The highest BCUT2D eigenvalue weighted by atomic mass is 32.2. The minimum absolute atomic E-state index is 0.179. The van der Waals surface area contributed by atoms with Crippen LogP contribution in [0.15, 0.2) is 53.7 Å². The standard InChI is InChI=1S/C11H8N2O5S/c14-13(15)11-8-9(19(16,17)18)4-5-10(11)12-6-2-1-3-7-12/h1-8H. The number of pyridine rings is 1. The third-order valence-electron chi connectivity index (χ3n) is 2.43. The number of aromatic nitrogens is 1. The Morgan fingerprint density at radius 1 is 1.11 bits per heavy atom. The Labute approximate surface area is 108 Å². The molecular weight excluding hydrogens is 272 g/mol. The van der Waals surface area contributed by atoms with Gasteiger partial charge in [-0.05, 0) is 6.07 Å². The maximum Gasteiger partial charge on any atom is 0.341 e. The number of nitrogens with zero attached hydrogens (tertiary/aromatic N) is 2. The third kappa shape index (κ3) is 2.75. The van der Waals surface area contributed by atoms with E-state index in [4.69, 9.17) is 0 Å². The topological polar surface area (TPSA) is 104 Å². The van der Waals surface area contributed by atoms with Gasteiger partial charge in [0.1, 0.15) is 10.1 Å². The minimum atomic E-state index is -4.72. The van der Waals surface area contributed by atoms with Crippen molar-refractivity contribution in [3.8, 4) is 5.69 Å². The summed E-state index contributed by atoms with van der Waals surface area (Å²) in [6.07, 6.45) is 3.15. The summed E-state index contributed by atoms with van der Waals surface area (Å²) in [5, 5.41) is 11.0. The van der Waals surface area contributed by atoms with Crippen molar-refractivity contribution >= 4 is 15.8 Å². The number of hydrogen-bond donors (Lipinski definition) is 0. The molecule has 7 nitrogen and oxygen atoms in total. The molecule has 0 saturated carbocycles. The molecule has 2 rings (SSSR count). The molecule has 19 heavy (non-hydrogen) atoms. The van der Waals surface area contributed by atoms with Gasteiger partial charge < -0.3 is 4.55 Å². The summed E-state index contributed by atoms with van der Waals surface area (Å²) in [6.45, 7) is 0. The van der Waals surface area contributed by atoms with Crippen molar-refractivity contribution in [2.45, 2.75) is 4.90 Å². The monoisotopic (exact) mass is 280 g/mol. The predicted octanol–water partition coefficient (Wildman–Crippen LogP) is 0.776. The maximum atomic E-state index is 11.0. The lowest BCUT2D eigenvalue weighted by Crippen LogP contribution is -2.30. The molecule has 0 amide bonds. The van der Waals surface area contributed by atoms with Crippen molar-refractivity contribution in [1.29, 1.82) is 0 Å². The Hall–Kier alpha value is -2.32. The van der Waals surface area contributed by atoms with Crippen LogP contribution in [0.5, 0.6) is 0 Å². The molecule has 1 aromatic heterocycles. The molecular formula is C11H8N2O5S. The lowest BCUT2D eigenvalue weighted by Gasteiger charge is -2.06. The van der Waals surface area contributed by atoms with Gasteiger partial charge in [-0.25, -0.2) is 8.42 Å². The van der Waals surface area contributed by atoms with Crippen molar-refractivity contribution in [3.63, 3.8) is 0 Å². The number of nitro benzene ring substituents is 1. The van der Waals surface area contributed by atoms with Crippen LogP contribution in [0, 0.1) is 10.1 Å². The molecule has 0 aliphatic heterocycles. The van der Waals surface area contributed by atoms with Crippen molar-refractivity contribution in [3.05, 3.63) is 58.9 Å². The fourth-order valence-corrected chi connectivity index (χ4v) is 2.07. The number of rotatable bonds is 3. The molecule has 8 heteroatoms. The average molecular weight is 280 g/mol. The number of nitro groups is 1. The van der Waals surface area contributed by atoms with E-state index >= 15 is 0 Å². The van der Waals surface area contributed by atoms with Gasteiger partial charge in [-0.15, -0.1) is 0 Å². The average Bonchev–Trinajstić information content (AvgIpc) is 2.38. The van der Waals surface area contributed by atoms with Gasteiger partial charge in [-0.3, -0.25) is 10.1 Å². The first-order chi connectivity index (χ1) is 8.89. The van der Waals surface area contributed by atoms with Gasteiger partial charge in [0.05, 0.1) is 9.82 Å². The Bertz CT molecular complexity index is 728. The second-order valence-electron chi connectivity index (χ2n) is 3.64. The largest absolute Gasteiger partial charge is 0.744 e. The van der Waals surface area contributed by atoms with Gasteiger partial charge in [0, 0.05) is 24.3 Å². The van der Waals surface area contributed by atoms with Crippen molar-refractivity contribution in [1.82, 2.24) is 0 Å². The van der Waals surface area contributed by atoms with Crippen molar-refractivity contribution < 1.29 is 22.5 Å². The molecule has 0 spiro atoms. The van der Waals surface area contributed by atoms with E-state index in [1.807, 2.05) is 0 Å². The molecule has 0 bridgehead atoms. The molecule has 0 saturated heterocycles. The first-order valence-corrected chi connectivity index (χ1v) is 6.51. The van der Waals surface area contributed by atoms with Gasteiger partial charge in [0.2, 0.25) is 0 Å². The summed E-state index contributed by atoms with van der Waals surface area (Å²) < 4.78 is 34.1. The summed E-state index contributed by atoms with van der Waals surface area (Å²) in [5.41, 5.74) is -0.272. The summed E-state index contributed by atoms with van der Waals surface area (Å²) >= 11 is 0. The Morgan fingerprint density at radius 3 is 2.26 bits per heavy atom. The zero-order valence-electron chi connectivity index (χ0n) is 9.46. The van der Waals surface area contributed by atoms with Crippen LogP contribution < -0.4 is 4.57 Å². The van der Waals surface area contributed by atoms with Gasteiger partial charge in [0.15, 0.2) is 12.4 Å². The normalized spacial score (nSPS) is 11.2. The molecule has 0 unspecified atom stereocenters. The quantitative estimate of drug-likeness (QED) is 0.357. The van der Waals surface area contributed by atoms with Crippen LogP contribution in [0.25, 0.3) is 5.69 Å². The Morgan fingerprint density at radius 2 is 1.74 bits per heavy atom. The van der Waals surface area contributed by atoms with Crippen LogP contribution in [0.4, 0.5) is 5.69 Å². The molecule has 2 aromatic rings. The molecule has 0 aliphatic rings. The van der Waals surface area contributed by atoms with Gasteiger partial charge in [-0.2, -0.15) is 4.57 Å². The van der Waals surface area contributed by atoms with E-state index in [1.165, 1.54) is 10.6 Å². The van der Waals surface area contributed by atoms with Crippen molar-refractivity contribution in [2.75, 3.05) is 0 Å². The van der Waals surface area contributed by atoms with Crippen LogP contribution in [-0.2, 0) is 10.1 Å². The fourth-order valence-electron chi connectivity index (χ4n) is 1.58. The lowest BCUT2D eigenvalue weighted by molar-refractivity contribution is -0.600. The first kappa shape index (κ1) is 13.1. The summed E-state index contributed by atoms with van der Waals surface area (Å²) in [5.74, 6) is 0. The van der Waals surface area contributed by atoms with E-state index in [2.05, 4.69) is 0 Å². The highest BCUT2D eigenvalue weighted by Gasteiger charge is 2.23. The van der Waals surface area contributed by atoms with E-state index in [0.717, 1.165) is 12.1 Å². The smallest absolute Gasteiger partial charge is 0.341 e. The van der Waals surface area contributed by atoms with E-state index in [-0.39, 0.29) is 5.69 Å². The Kier molecular flexibility index (Phi) is 3.28. The van der Waals surface area contributed by atoms with E-state index in [1.54, 1.807) is 30.6 Å². The Balaban J connectivity index is 2.67. The van der Waals surface area contributed by atoms with Crippen LogP contribution in [0.2, 0.25) is 0 Å². The van der Waals surface area contributed by atoms with Crippen LogP contribution in [-0.4, -0.2) is 17.9 Å². The zero-order valence-corrected chi connectivity index (χ0v) is 10.3. The number of hydrogen-bond acceptors (Lipinski definition) is 5. The molecule has 0 aliphatic carbocycles. The zero-order chi connectivity index (χ0) is 14.0. The van der Waals surface area contributed by atoms with E-state index in [0.29, 0.717) is 0 Å². The van der Waals surface area contributed by atoms with Gasteiger partial charge in [-0.1, -0.05) is 6.07 Å². The maximum absolute atomic E-state index is 11.0. The summed E-state index contributed by atoms with van der Waals surface area (Å²) in [6, 6.07) is 8.11. The summed E-state index contributed by atoms with van der Waals surface area (Å²) in [7, 11) is -4.72. The molecule has 1 heterocycles. The van der Waals surface area contributed by atoms with E-state index < -0.39 is 25.6 Å². The van der Waals surface area contributed by atoms with Gasteiger partial charge in [0.25, 0.3) is 5.69 Å². The highest BCUT2D eigenvalue weighted by molar-refractivity contribution is 7.85. The highest BCUT2D eigenvalue weighted by Crippen LogP contribution is 2.22. The molecule has 0 radical (unpaired) electrons. The third-order valence-corrected chi connectivity index (χ3v) is 3.26. The second kappa shape index (κ2) is 4.75. The molecule has 98 valence electrons. The van der Waals surface area contributed by atoms with Gasteiger partial charge >= 0.3 is 5.69 Å². The van der Waals surface area contributed by atoms with Crippen LogP contribution in [0.1, 0.15) is 0 Å². The number of benzene rings is 1. The van der Waals surface area contributed by atoms with E-state index in [9.17, 15) is 23.1 Å². The lowest BCUT2D eigenvalue weighted by atomic mass is 10.2. The van der Waals surface area contributed by atoms with Crippen LogP contribution >= 0.6 is 0 Å².